The highest BCUT2D eigenvalue weighted by molar-refractivity contribution is 6.31. The number of ether oxygens (including phenoxy) is 1. The standard InChI is InChI=1S/C18H24ClFN2O2/c19-16-10-14(20)2-1-13(16)9-18(23)22-6-3-12(4-7-22)17-11-15(21)5-8-24-17/h1-2,10,12,15,17H,3-9,11,21H2. The fourth-order valence-electron chi connectivity index (χ4n) is 3.64. The molecule has 4 nitrogen and oxygen atoms in total. The van der Waals surface area contributed by atoms with Gasteiger partial charge >= 0.3 is 0 Å². The van der Waals surface area contributed by atoms with Crippen LogP contribution in [0.25, 0.3) is 0 Å². The van der Waals surface area contributed by atoms with Gasteiger partial charge in [-0.15, -0.1) is 0 Å². The van der Waals surface area contributed by atoms with Crippen LogP contribution in [-0.4, -0.2) is 42.6 Å². The van der Waals surface area contributed by atoms with E-state index in [9.17, 15) is 9.18 Å². The summed E-state index contributed by atoms with van der Waals surface area (Å²) >= 11 is 6.01. The molecule has 2 aliphatic rings. The zero-order chi connectivity index (χ0) is 17.1. The Labute approximate surface area is 147 Å². The number of carbonyl (C=O) groups is 1. The van der Waals surface area contributed by atoms with Gasteiger partial charge in [-0.2, -0.15) is 0 Å². The Kier molecular flexibility index (Phi) is 5.74. The number of piperidine rings is 1. The Hall–Kier alpha value is -1.17. The normalized spacial score (nSPS) is 25.7. The van der Waals surface area contributed by atoms with Crippen LogP contribution in [0.2, 0.25) is 5.02 Å². The van der Waals surface area contributed by atoms with E-state index in [0.29, 0.717) is 16.5 Å². The summed E-state index contributed by atoms with van der Waals surface area (Å²) in [4.78, 5) is 14.3. The van der Waals surface area contributed by atoms with Crippen molar-refractivity contribution in [3.63, 3.8) is 0 Å². The highest BCUT2D eigenvalue weighted by atomic mass is 35.5. The lowest BCUT2D eigenvalue weighted by Gasteiger charge is -2.38. The fourth-order valence-corrected chi connectivity index (χ4v) is 3.88. The molecule has 0 aliphatic carbocycles. The van der Waals surface area contributed by atoms with E-state index in [4.69, 9.17) is 22.1 Å². The first kappa shape index (κ1) is 17.6. The number of nitrogens with zero attached hydrogens (tertiary/aromatic N) is 1. The van der Waals surface area contributed by atoms with Gasteiger partial charge in [0.05, 0.1) is 12.5 Å². The topological polar surface area (TPSA) is 55.6 Å². The molecule has 2 heterocycles. The van der Waals surface area contributed by atoms with E-state index in [-0.39, 0.29) is 30.3 Å². The fraction of sp³-hybridized carbons (Fsp3) is 0.611. The third-order valence-electron chi connectivity index (χ3n) is 5.13. The van der Waals surface area contributed by atoms with Crippen molar-refractivity contribution in [3.8, 4) is 0 Å². The van der Waals surface area contributed by atoms with Crippen molar-refractivity contribution in [2.45, 2.75) is 44.2 Å². The Bertz CT molecular complexity index is 590. The Morgan fingerprint density at radius 1 is 1.33 bits per heavy atom. The second-order valence-corrected chi connectivity index (χ2v) is 7.23. The van der Waals surface area contributed by atoms with E-state index in [1.807, 2.05) is 4.90 Å². The van der Waals surface area contributed by atoms with Crippen LogP contribution in [0.3, 0.4) is 0 Å². The molecule has 1 amide bonds. The number of carbonyl (C=O) groups excluding carboxylic acids is 1. The van der Waals surface area contributed by atoms with E-state index >= 15 is 0 Å². The molecule has 2 fully saturated rings. The average molecular weight is 355 g/mol. The summed E-state index contributed by atoms with van der Waals surface area (Å²) in [6.45, 7) is 2.21. The highest BCUT2D eigenvalue weighted by Crippen LogP contribution is 2.28. The van der Waals surface area contributed by atoms with Crippen LogP contribution in [0.15, 0.2) is 18.2 Å². The monoisotopic (exact) mass is 354 g/mol. The SMILES string of the molecule is NC1CCOC(C2CCN(C(=O)Cc3ccc(F)cc3Cl)CC2)C1. The minimum atomic E-state index is -0.386. The van der Waals surface area contributed by atoms with Crippen molar-refractivity contribution >= 4 is 17.5 Å². The quantitative estimate of drug-likeness (QED) is 0.908. The molecule has 6 heteroatoms. The van der Waals surface area contributed by atoms with E-state index < -0.39 is 0 Å². The molecule has 132 valence electrons. The number of hydrogen-bond acceptors (Lipinski definition) is 3. The molecule has 0 spiro atoms. The first-order valence-electron chi connectivity index (χ1n) is 8.62. The van der Waals surface area contributed by atoms with Gasteiger partial charge in [-0.05, 0) is 49.3 Å². The van der Waals surface area contributed by atoms with Crippen molar-refractivity contribution in [3.05, 3.63) is 34.6 Å². The molecule has 0 bridgehead atoms. The molecule has 2 aliphatic heterocycles. The maximum atomic E-state index is 13.1. The number of nitrogens with two attached hydrogens (primary N) is 1. The van der Waals surface area contributed by atoms with Gasteiger partial charge in [0.1, 0.15) is 5.82 Å². The maximum absolute atomic E-state index is 13.1. The molecule has 2 atom stereocenters. The molecular weight excluding hydrogens is 331 g/mol. The zero-order valence-electron chi connectivity index (χ0n) is 13.7. The number of benzene rings is 1. The van der Waals surface area contributed by atoms with Gasteiger partial charge in [0.15, 0.2) is 0 Å². The van der Waals surface area contributed by atoms with Gasteiger partial charge in [0.2, 0.25) is 5.91 Å². The van der Waals surface area contributed by atoms with Gasteiger partial charge in [-0.25, -0.2) is 4.39 Å². The number of likely N-dealkylation sites (tertiary alicyclic amines) is 1. The van der Waals surface area contributed by atoms with Crippen LogP contribution >= 0.6 is 11.6 Å². The predicted molar refractivity (Wildman–Crippen MR) is 91.4 cm³/mol. The summed E-state index contributed by atoms with van der Waals surface area (Å²) in [6.07, 6.45) is 4.20. The highest BCUT2D eigenvalue weighted by Gasteiger charge is 2.32. The molecule has 1 aromatic carbocycles. The lowest BCUT2D eigenvalue weighted by atomic mass is 9.86. The van der Waals surface area contributed by atoms with Crippen LogP contribution in [-0.2, 0) is 16.0 Å². The molecule has 24 heavy (non-hydrogen) atoms. The smallest absolute Gasteiger partial charge is 0.227 e. The third-order valence-corrected chi connectivity index (χ3v) is 5.48. The molecule has 3 rings (SSSR count). The largest absolute Gasteiger partial charge is 0.378 e. The molecule has 2 saturated heterocycles. The number of rotatable bonds is 3. The summed E-state index contributed by atoms with van der Waals surface area (Å²) in [7, 11) is 0. The van der Waals surface area contributed by atoms with Crippen molar-refractivity contribution in [1.82, 2.24) is 4.90 Å². The molecule has 2 N–H and O–H groups in total. The lowest BCUT2D eigenvalue weighted by Crippen LogP contribution is -2.45. The molecule has 0 aromatic heterocycles. The van der Waals surface area contributed by atoms with Gasteiger partial charge in [0.25, 0.3) is 0 Å². The first-order valence-corrected chi connectivity index (χ1v) is 8.99. The zero-order valence-corrected chi connectivity index (χ0v) is 14.5. The lowest BCUT2D eigenvalue weighted by molar-refractivity contribution is -0.133. The van der Waals surface area contributed by atoms with Gasteiger partial charge in [0, 0.05) is 30.8 Å². The van der Waals surface area contributed by atoms with Crippen molar-refractivity contribution in [1.29, 1.82) is 0 Å². The summed E-state index contributed by atoms with van der Waals surface area (Å²) in [5, 5.41) is 0.308. The van der Waals surface area contributed by atoms with Crippen molar-refractivity contribution < 1.29 is 13.9 Å². The van der Waals surface area contributed by atoms with E-state index in [1.54, 1.807) is 6.07 Å². The Morgan fingerprint density at radius 2 is 2.08 bits per heavy atom. The number of amides is 1. The van der Waals surface area contributed by atoms with Gasteiger partial charge in [-0.1, -0.05) is 17.7 Å². The molecular formula is C18H24ClFN2O2. The molecule has 0 saturated carbocycles. The van der Waals surface area contributed by atoms with Crippen molar-refractivity contribution in [2.24, 2.45) is 11.7 Å². The van der Waals surface area contributed by atoms with Gasteiger partial charge < -0.3 is 15.4 Å². The molecule has 1 aromatic rings. The predicted octanol–water partition coefficient (Wildman–Crippen LogP) is 2.77. The molecule has 2 unspecified atom stereocenters. The van der Waals surface area contributed by atoms with Gasteiger partial charge in [-0.3, -0.25) is 4.79 Å². The van der Waals surface area contributed by atoms with Crippen LogP contribution in [0.4, 0.5) is 4.39 Å². The minimum absolute atomic E-state index is 0.0447. The Balaban J connectivity index is 1.51. The number of hydrogen-bond donors (Lipinski definition) is 1. The third kappa shape index (κ3) is 4.26. The minimum Gasteiger partial charge on any atom is -0.378 e. The van der Waals surface area contributed by atoms with Crippen LogP contribution < -0.4 is 5.73 Å². The van der Waals surface area contributed by atoms with Crippen LogP contribution in [0, 0.1) is 11.7 Å². The molecule has 0 radical (unpaired) electrons. The summed E-state index contributed by atoms with van der Waals surface area (Å²) < 4.78 is 19.0. The van der Waals surface area contributed by atoms with E-state index in [0.717, 1.165) is 45.4 Å². The van der Waals surface area contributed by atoms with Crippen molar-refractivity contribution in [2.75, 3.05) is 19.7 Å². The maximum Gasteiger partial charge on any atom is 0.227 e. The summed E-state index contributed by atoms with van der Waals surface area (Å²) in [6, 6.07) is 4.41. The Morgan fingerprint density at radius 3 is 2.75 bits per heavy atom. The van der Waals surface area contributed by atoms with E-state index in [1.165, 1.54) is 12.1 Å². The first-order chi connectivity index (χ1) is 11.5. The summed E-state index contributed by atoms with van der Waals surface area (Å²) in [5.74, 6) is 0.140. The van der Waals surface area contributed by atoms with E-state index in [2.05, 4.69) is 0 Å². The average Bonchev–Trinajstić information content (AvgIpc) is 2.57. The second-order valence-electron chi connectivity index (χ2n) is 6.82. The van der Waals surface area contributed by atoms with Crippen LogP contribution in [0.5, 0.6) is 0 Å². The second kappa shape index (κ2) is 7.81. The van der Waals surface area contributed by atoms with Crippen LogP contribution in [0.1, 0.15) is 31.2 Å². The summed E-state index contributed by atoms with van der Waals surface area (Å²) in [5.41, 5.74) is 6.71. The number of halogens is 2.